The Labute approximate surface area is 148 Å². The molecular weight excluding hydrogens is 328 g/mol. The minimum Gasteiger partial charge on any atom is -0.493 e. The summed E-state index contributed by atoms with van der Waals surface area (Å²) in [6, 6.07) is 12.6. The third-order valence-electron chi connectivity index (χ3n) is 3.36. The Kier molecular flexibility index (Phi) is 8.09. The van der Waals surface area contributed by atoms with E-state index < -0.39 is 0 Å². The van der Waals surface area contributed by atoms with Gasteiger partial charge >= 0.3 is 0 Å². The van der Waals surface area contributed by atoms with E-state index in [2.05, 4.69) is 5.32 Å². The van der Waals surface area contributed by atoms with Crippen LogP contribution in [-0.4, -0.2) is 26.2 Å². The highest BCUT2D eigenvalue weighted by atomic mass is 35.5. The van der Waals surface area contributed by atoms with Gasteiger partial charge in [0, 0.05) is 43.1 Å². The number of carbonyl (C=O) groups is 1. The van der Waals surface area contributed by atoms with Crippen molar-refractivity contribution >= 4 is 29.7 Å². The van der Waals surface area contributed by atoms with Crippen LogP contribution in [0.3, 0.4) is 0 Å². The van der Waals surface area contributed by atoms with Crippen LogP contribution in [0.25, 0.3) is 0 Å². The van der Waals surface area contributed by atoms with Crippen molar-refractivity contribution in [3.05, 3.63) is 53.6 Å². The van der Waals surface area contributed by atoms with Crippen LogP contribution in [0.1, 0.15) is 22.3 Å². The van der Waals surface area contributed by atoms with Crippen LogP contribution in [-0.2, 0) is 4.74 Å². The summed E-state index contributed by atoms with van der Waals surface area (Å²) in [6.07, 6.45) is 0.815. The number of carbonyl (C=O) groups excluding carboxylic acids is 1. The van der Waals surface area contributed by atoms with Crippen LogP contribution in [0.15, 0.2) is 42.5 Å². The molecule has 0 bridgehead atoms. The highest BCUT2D eigenvalue weighted by molar-refractivity contribution is 6.05. The van der Waals surface area contributed by atoms with Crippen LogP contribution >= 0.6 is 12.4 Å². The van der Waals surface area contributed by atoms with Gasteiger partial charge in [-0.25, -0.2) is 0 Å². The summed E-state index contributed by atoms with van der Waals surface area (Å²) in [6.45, 7) is 3.11. The molecule has 1 amide bonds. The largest absolute Gasteiger partial charge is 0.493 e. The number of nitrogens with one attached hydrogen (secondary N) is 1. The van der Waals surface area contributed by atoms with Gasteiger partial charge in [-0.1, -0.05) is 12.1 Å². The molecule has 5 nitrogen and oxygen atoms in total. The lowest BCUT2D eigenvalue weighted by atomic mass is 10.1. The number of anilines is 2. The molecule has 0 aliphatic rings. The maximum atomic E-state index is 12.4. The number of aryl methyl sites for hydroxylation is 1. The average Bonchev–Trinajstić information content (AvgIpc) is 2.54. The van der Waals surface area contributed by atoms with Crippen molar-refractivity contribution in [3.63, 3.8) is 0 Å². The predicted octanol–water partition coefficient (Wildman–Crippen LogP) is 3.67. The molecule has 0 aliphatic carbocycles. The maximum Gasteiger partial charge on any atom is 0.256 e. The molecule has 0 heterocycles. The van der Waals surface area contributed by atoms with Crippen molar-refractivity contribution in [1.82, 2.24) is 0 Å². The number of rotatable bonds is 7. The number of nitrogens with two attached hydrogens (primary N) is 1. The van der Waals surface area contributed by atoms with E-state index in [1.54, 1.807) is 25.3 Å². The Morgan fingerprint density at radius 2 is 1.96 bits per heavy atom. The van der Waals surface area contributed by atoms with Crippen LogP contribution in [0.2, 0.25) is 0 Å². The summed E-state index contributed by atoms with van der Waals surface area (Å²) in [4.78, 5) is 12.4. The van der Waals surface area contributed by atoms with E-state index in [1.807, 2.05) is 31.2 Å². The van der Waals surface area contributed by atoms with Gasteiger partial charge in [0.25, 0.3) is 5.91 Å². The minimum absolute atomic E-state index is 0. The molecule has 0 fully saturated rings. The van der Waals surface area contributed by atoms with Gasteiger partial charge in [-0.2, -0.15) is 0 Å². The quantitative estimate of drug-likeness (QED) is 0.590. The summed E-state index contributed by atoms with van der Waals surface area (Å²) in [7, 11) is 1.66. The number of nitrogen functional groups attached to an aromatic ring is 1. The molecule has 0 saturated carbocycles. The van der Waals surface area contributed by atoms with Gasteiger partial charge in [-0.05, 0) is 36.8 Å². The lowest BCUT2D eigenvalue weighted by Gasteiger charge is -2.10. The van der Waals surface area contributed by atoms with E-state index >= 15 is 0 Å². The number of hydrogen-bond donors (Lipinski definition) is 2. The van der Waals surface area contributed by atoms with E-state index in [0.29, 0.717) is 35.9 Å². The third kappa shape index (κ3) is 5.76. The second kappa shape index (κ2) is 9.80. The van der Waals surface area contributed by atoms with Gasteiger partial charge in [0.2, 0.25) is 0 Å². The van der Waals surface area contributed by atoms with Crippen molar-refractivity contribution in [2.75, 3.05) is 31.4 Å². The number of amides is 1. The molecule has 0 saturated heterocycles. The first kappa shape index (κ1) is 19.8. The van der Waals surface area contributed by atoms with E-state index in [0.717, 1.165) is 12.0 Å². The van der Waals surface area contributed by atoms with Gasteiger partial charge < -0.3 is 20.5 Å². The lowest BCUT2D eigenvalue weighted by Crippen LogP contribution is -2.13. The van der Waals surface area contributed by atoms with Gasteiger partial charge in [0.15, 0.2) is 0 Å². The van der Waals surface area contributed by atoms with Gasteiger partial charge in [0.05, 0.1) is 6.61 Å². The van der Waals surface area contributed by atoms with Crippen LogP contribution in [0, 0.1) is 6.92 Å². The van der Waals surface area contributed by atoms with Crippen molar-refractivity contribution in [1.29, 1.82) is 0 Å². The summed E-state index contributed by atoms with van der Waals surface area (Å²) < 4.78 is 10.6. The lowest BCUT2D eigenvalue weighted by molar-refractivity contribution is 0.102. The first-order valence-electron chi connectivity index (χ1n) is 7.49. The molecule has 6 heteroatoms. The predicted molar refractivity (Wildman–Crippen MR) is 99.2 cm³/mol. The Hall–Kier alpha value is -2.24. The zero-order chi connectivity index (χ0) is 16.7. The molecule has 3 N–H and O–H groups in total. The zero-order valence-corrected chi connectivity index (χ0v) is 14.7. The van der Waals surface area contributed by atoms with Crippen molar-refractivity contribution in [2.24, 2.45) is 0 Å². The number of halogens is 1. The van der Waals surface area contributed by atoms with E-state index in [9.17, 15) is 4.79 Å². The molecule has 0 aromatic heterocycles. The van der Waals surface area contributed by atoms with Crippen LogP contribution < -0.4 is 15.8 Å². The second-order valence-electron chi connectivity index (χ2n) is 5.25. The van der Waals surface area contributed by atoms with E-state index in [4.69, 9.17) is 15.2 Å². The number of ether oxygens (including phenoxy) is 2. The van der Waals surface area contributed by atoms with Gasteiger partial charge in [0.1, 0.15) is 5.75 Å². The summed E-state index contributed by atoms with van der Waals surface area (Å²) in [5.74, 6) is 0.523. The summed E-state index contributed by atoms with van der Waals surface area (Å²) in [5, 5.41) is 2.87. The average molecular weight is 351 g/mol. The molecule has 130 valence electrons. The van der Waals surface area contributed by atoms with Crippen LogP contribution in [0.5, 0.6) is 5.75 Å². The number of methoxy groups -OCH3 is 1. The molecule has 24 heavy (non-hydrogen) atoms. The molecule has 0 unspecified atom stereocenters. The third-order valence-corrected chi connectivity index (χ3v) is 3.36. The summed E-state index contributed by atoms with van der Waals surface area (Å²) >= 11 is 0. The van der Waals surface area contributed by atoms with Gasteiger partial charge in [-0.3, -0.25) is 4.79 Å². The highest BCUT2D eigenvalue weighted by Crippen LogP contribution is 2.20. The van der Waals surface area contributed by atoms with E-state index in [1.165, 1.54) is 0 Å². The first-order chi connectivity index (χ1) is 11.1. The molecule has 2 aromatic rings. The van der Waals surface area contributed by atoms with Crippen molar-refractivity contribution in [2.45, 2.75) is 13.3 Å². The van der Waals surface area contributed by atoms with Crippen molar-refractivity contribution < 1.29 is 14.3 Å². The Morgan fingerprint density at radius 3 is 2.71 bits per heavy atom. The maximum absolute atomic E-state index is 12.4. The highest BCUT2D eigenvalue weighted by Gasteiger charge is 2.10. The molecule has 0 radical (unpaired) electrons. The molecular formula is C18H23ClN2O3. The number of benzene rings is 2. The fraction of sp³-hybridized carbons (Fsp3) is 0.278. The topological polar surface area (TPSA) is 73.6 Å². The molecule has 0 atom stereocenters. The minimum atomic E-state index is -0.189. The smallest absolute Gasteiger partial charge is 0.256 e. The zero-order valence-electron chi connectivity index (χ0n) is 13.9. The Balaban J connectivity index is 0.00000288. The SMILES string of the molecule is COCCCOc1cccc(NC(=O)c2cc(N)ccc2C)c1.Cl. The van der Waals surface area contributed by atoms with Gasteiger partial charge in [-0.15, -0.1) is 12.4 Å². The molecule has 0 spiro atoms. The fourth-order valence-electron chi connectivity index (χ4n) is 2.14. The molecule has 0 aliphatic heterocycles. The standard InChI is InChI=1S/C18H22N2O3.ClH/c1-13-7-8-14(19)11-17(13)18(21)20-15-5-3-6-16(12-15)23-10-4-9-22-2;/h3,5-8,11-12H,4,9-10,19H2,1-2H3,(H,20,21);1H. The van der Waals surface area contributed by atoms with Crippen LogP contribution in [0.4, 0.5) is 11.4 Å². The summed E-state index contributed by atoms with van der Waals surface area (Å²) in [5.41, 5.74) is 8.44. The number of hydrogen-bond acceptors (Lipinski definition) is 4. The first-order valence-corrected chi connectivity index (χ1v) is 7.49. The Bertz CT molecular complexity index is 677. The van der Waals surface area contributed by atoms with E-state index in [-0.39, 0.29) is 18.3 Å². The second-order valence-corrected chi connectivity index (χ2v) is 5.25. The monoisotopic (exact) mass is 350 g/mol. The molecule has 2 rings (SSSR count). The Morgan fingerprint density at radius 1 is 1.17 bits per heavy atom. The fourth-order valence-corrected chi connectivity index (χ4v) is 2.14. The molecule has 2 aromatic carbocycles. The van der Waals surface area contributed by atoms with Crippen molar-refractivity contribution in [3.8, 4) is 5.75 Å². The normalized spacial score (nSPS) is 9.92.